The Balaban J connectivity index is 1.76. The molecule has 1 N–H and O–H groups in total. The van der Waals surface area contributed by atoms with Crippen molar-refractivity contribution in [2.75, 3.05) is 44.3 Å². The molecule has 0 aromatic heterocycles. The van der Waals surface area contributed by atoms with Gasteiger partial charge in [0.25, 0.3) is 0 Å². The van der Waals surface area contributed by atoms with Gasteiger partial charge < -0.3 is 15.0 Å². The highest BCUT2D eigenvalue weighted by molar-refractivity contribution is 7.91. The summed E-state index contributed by atoms with van der Waals surface area (Å²) in [6.45, 7) is 6.09. The molecule has 8 nitrogen and oxygen atoms in total. The monoisotopic (exact) mass is 375 g/mol. The van der Waals surface area contributed by atoms with Crippen LogP contribution in [0.15, 0.2) is 0 Å². The molecule has 2 fully saturated rings. The van der Waals surface area contributed by atoms with Crippen LogP contribution in [0.4, 0.5) is 4.79 Å². The predicted octanol–water partition coefficient (Wildman–Crippen LogP) is 0.233. The van der Waals surface area contributed by atoms with Crippen LogP contribution in [-0.2, 0) is 19.4 Å². The number of carbonyl (C=O) groups is 2. The molecular weight excluding hydrogens is 346 g/mol. The number of likely N-dealkylation sites (N-methyl/N-ethyl adjacent to an activating group) is 1. The Morgan fingerprint density at radius 2 is 1.88 bits per heavy atom. The van der Waals surface area contributed by atoms with Crippen LogP contribution in [0.3, 0.4) is 0 Å². The maximum atomic E-state index is 12.3. The molecule has 0 aromatic rings. The Morgan fingerprint density at radius 3 is 2.40 bits per heavy atom. The summed E-state index contributed by atoms with van der Waals surface area (Å²) < 4.78 is 28.2. The normalized spacial score (nSPS) is 23.6. The summed E-state index contributed by atoms with van der Waals surface area (Å²) in [6.07, 6.45) is 1.71. The van der Waals surface area contributed by atoms with Crippen molar-refractivity contribution < 1.29 is 22.7 Å². The van der Waals surface area contributed by atoms with Gasteiger partial charge in [0, 0.05) is 25.2 Å². The van der Waals surface area contributed by atoms with Gasteiger partial charge in [-0.05, 0) is 32.7 Å². The highest BCUT2D eigenvalue weighted by atomic mass is 32.2. The summed E-state index contributed by atoms with van der Waals surface area (Å²) in [6, 6.07) is -0.0180. The first-order valence-electron chi connectivity index (χ1n) is 9.00. The molecule has 2 heterocycles. The molecule has 0 aromatic carbocycles. The number of piperidine rings is 1. The van der Waals surface area contributed by atoms with E-state index in [0.29, 0.717) is 45.5 Å². The van der Waals surface area contributed by atoms with Crippen LogP contribution >= 0.6 is 0 Å². The molecule has 25 heavy (non-hydrogen) atoms. The zero-order valence-corrected chi connectivity index (χ0v) is 15.9. The molecule has 1 atom stereocenters. The zero-order valence-electron chi connectivity index (χ0n) is 15.1. The minimum absolute atomic E-state index is 0.0455. The Kier molecular flexibility index (Phi) is 7.06. The van der Waals surface area contributed by atoms with E-state index in [4.69, 9.17) is 4.74 Å². The topological polar surface area (TPSA) is 96.0 Å². The number of hydrogen-bond donors (Lipinski definition) is 1. The molecular formula is C16H29N3O5S. The average Bonchev–Trinajstić information content (AvgIpc) is 2.93. The third kappa shape index (κ3) is 5.85. The van der Waals surface area contributed by atoms with Crippen LogP contribution in [0.1, 0.15) is 33.1 Å². The van der Waals surface area contributed by atoms with E-state index in [9.17, 15) is 18.0 Å². The van der Waals surface area contributed by atoms with Gasteiger partial charge in [-0.25, -0.2) is 13.2 Å². The summed E-state index contributed by atoms with van der Waals surface area (Å²) in [5, 5.41) is 3.01. The van der Waals surface area contributed by atoms with Crippen LogP contribution in [0.2, 0.25) is 0 Å². The third-order valence-electron chi connectivity index (χ3n) is 4.86. The number of carbonyl (C=O) groups excluding carboxylic acids is 2. The first-order valence-corrected chi connectivity index (χ1v) is 10.8. The smallest absolute Gasteiger partial charge is 0.409 e. The average molecular weight is 375 g/mol. The molecule has 2 saturated heterocycles. The quantitative estimate of drug-likeness (QED) is 0.714. The summed E-state index contributed by atoms with van der Waals surface area (Å²) in [7, 11) is -2.96. The first kappa shape index (κ1) is 20.0. The van der Waals surface area contributed by atoms with Gasteiger partial charge in [-0.2, -0.15) is 0 Å². The maximum absolute atomic E-state index is 12.3. The predicted molar refractivity (Wildman–Crippen MR) is 94.1 cm³/mol. The number of nitrogens with zero attached hydrogens (tertiary/aromatic N) is 2. The summed E-state index contributed by atoms with van der Waals surface area (Å²) >= 11 is 0. The van der Waals surface area contributed by atoms with E-state index in [1.807, 2.05) is 11.8 Å². The van der Waals surface area contributed by atoms with Crippen LogP contribution in [0.5, 0.6) is 0 Å². The lowest BCUT2D eigenvalue weighted by Crippen LogP contribution is -2.50. The summed E-state index contributed by atoms with van der Waals surface area (Å²) in [5.41, 5.74) is 0. The summed E-state index contributed by atoms with van der Waals surface area (Å²) in [4.78, 5) is 27.6. The van der Waals surface area contributed by atoms with E-state index in [1.54, 1.807) is 11.8 Å². The standard InChI is InChI=1S/C16H29N3O5S/c1-3-18(14-7-10-25(22,23)12-14)11-15(20)17-13-5-8-19(9-6-13)16(21)24-4-2/h13-14H,3-12H2,1-2H3,(H,17,20). The van der Waals surface area contributed by atoms with Crippen molar-refractivity contribution in [3.63, 3.8) is 0 Å². The van der Waals surface area contributed by atoms with E-state index in [0.717, 1.165) is 0 Å². The summed E-state index contributed by atoms with van der Waals surface area (Å²) in [5.74, 6) is 0.273. The fourth-order valence-corrected chi connectivity index (χ4v) is 5.20. The molecule has 9 heteroatoms. The molecule has 0 spiro atoms. The molecule has 2 rings (SSSR count). The molecule has 2 aliphatic rings. The van der Waals surface area contributed by atoms with E-state index < -0.39 is 9.84 Å². The lowest BCUT2D eigenvalue weighted by atomic mass is 10.1. The number of nitrogens with one attached hydrogen (secondary N) is 1. The minimum Gasteiger partial charge on any atom is -0.450 e. The SMILES string of the molecule is CCOC(=O)N1CCC(NC(=O)CN(CC)C2CCS(=O)(=O)C2)CC1. The lowest BCUT2D eigenvalue weighted by Gasteiger charge is -2.32. The lowest BCUT2D eigenvalue weighted by molar-refractivity contribution is -0.123. The number of rotatable bonds is 6. The molecule has 0 saturated carbocycles. The number of sulfone groups is 1. The van der Waals surface area contributed by atoms with Crippen molar-refractivity contribution in [3.8, 4) is 0 Å². The Labute approximate surface area is 149 Å². The Hall–Kier alpha value is -1.35. The largest absolute Gasteiger partial charge is 0.450 e. The second-order valence-corrected chi connectivity index (χ2v) is 8.88. The highest BCUT2D eigenvalue weighted by Crippen LogP contribution is 2.17. The van der Waals surface area contributed by atoms with E-state index in [1.165, 1.54) is 0 Å². The molecule has 2 aliphatic heterocycles. The number of amides is 2. The van der Waals surface area contributed by atoms with E-state index in [2.05, 4.69) is 5.32 Å². The Bertz CT molecular complexity index is 572. The van der Waals surface area contributed by atoms with Crippen LogP contribution in [0, 0.1) is 0 Å². The number of hydrogen-bond acceptors (Lipinski definition) is 6. The van der Waals surface area contributed by atoms with Gasteiger partial charge in [-0.1, -0.05) is 6.92 Å². The van der Waals surface area contributed by atoms with Gasteiger partial charge >= 0.3 is 6.09 Å². The Morgan fingerprint density at radius 1 is 1.20 bits per heavy atom. The van der Waals surface area contributed by atoms with Gasteiger partial charge in [-0.15, -0.1) is 0 Å². The fourth-order valence-electron chi connectivity index (χ4n) is 3.44. The van der Waals surface area contributed by atoms with E-state index >= 15 is 0 Å². The van der Waals surface area contributed by atoms with Crippen LogP contribution in [0.25, 0.3) is 0 Å². The highest BCUT2D eigenvalue weighted by Gasteiger charge is 2.33. The van der Waals surface area contributed by atoms with Crippen molar-refractivity contribution >= 4 is 21.8 Å². The third-order valence-corrected chi connectivity index (χ3v) is 6.61. The molecule has 0 bridgehead atoms. The zero-order chi connectivity index (χ0) is 18.4. The minimum atomic E-state index is -2.96. The second kappa shape index (κ2) is 8.84. The molecule has 1 unspecified atom stereocenters. The fraction of sp³-hybridized carbons (Fsp3) is 0.875. The molecule has 144 valence electrons. The first-order chi connectivity index (χ1) is 11.8. The van der Waals surface area contributed by atoms with Gasteiger partial charge in [0.1, 0.15) is 0 Å². The van der Waals surface area contributed by atoms with Crippen molar-refractivity contribution in [2.24, 2.45) is 0 Å². The van der Waals surface area contributed by atoms with Crippen molar-refractivity contribution in [2.45, 2.75) is 45.2 Å². The van der Waals surface area contributed by atoms with Gasteiger partial charge in [0.2, 0.25) is 5.91 Å². The van der Waals surface area contributed by atoms with Gasteiger partial charge in [0.05, 0.1) is 24.7 Å². The molecule has 0 radical (unpaired) electrons. The van der Waals surface area contributed by atoms with Crippen LogP contribution in [-0.4, -0.2) is 86.6 Å². The second-order valence-electron chi connectivity index (χ2n) is 6.65. The number of likely N-dealkylation sites (tertiary alicyclic amines) is 1. The van der Waals surface area contributed by atoms with Gasteiger partial charge in [-0.3, -0.25) is 9.69 Å². The maximum Gasteiger partial charge on any atom is 0.409 e. The van der Waals surface area contributed by atoms with Crippen molar-refractivity contribution in [1.29, 1.82) is 0 Å². The molecule has 2 amide bonds. The number of ether oxygens (including phenoxy) is 1. The van der Waals surface area contributed by atoms with Crippen molar-refractivity contribution in [1.82, 2.24) is 15.1 Å². The van der Waals surface area contributed by atoms with E-state index in [-0.39, 0.29) is 42.1 Å². The van der Waals surface area contributed by atoms with Gasteiger partial charge in [0.15, 0.2) is 9.84 Å². The van der Waals surface area contributed by atoms with Crippen LogP contribution < -0.4 is 5.32 Å². The van der Waals surface area contributed by atoms with Crippen molar-refractivity contribution in [3.05, 3.63) is 0 Å². The molecule has 0 aliphatic carbocycles.